The van der Waals surface area contributed by atoms with Gasteiger partial charge in [-0.2, -0.15) is 0 Å². The third-order valence-electron chi connectivity index (χ3n) is 2.34. The van der Waals surface area contributed by atoms with E-state index in [-0.39, 0.29) is 11.7 Å². The molecule has 0 aromatic rings. The SMILES string of the molecule is [CH2]CC(C)(OC)C1CCO1. The van der Waals surface area contributed by atoms with Crippen molar-refractivity contribution in [2.75, 3.05) is 13.7 Å². The first kappa shape index (κ1) is 8.02. The molecule has 0 N–H and O–H groups in total. The highest BCUT2D eigenvalue weighted by Gasteiger charge is 2.37. The van der Waals surface area contributed by atoms with E-state index in [2.05, 4.69) is 6.92 Å². The Morgan fingerprint density at radius 1 is 1.80 bits per heavy atom. The summed E-state index contributed by atoms with van der Waals surface area (Å²) in [6, 6.07) is 0. The van der Waals surface area contributed by atoms with E-state index < -0.39 is 0 Å². The number of hydrogen-bond acceptors (Lipinski definition) is 2. The molecule has 1 radical (unpaired) electrons. The molecular formula is C8H15O2. The maximum Gasteiger partial charge on any atom is 0.0912 e. The predicted molar refractivity (Wildman–Crippen MR) is 39.7 cm³/mol. The molecule has 0 aromatic carbocycles. The monoisotopic (exact) mass is 143 g/mol. The molecule has 0 aromatic heterocycles. The van der Waals surface area contributed by atoms with E-state index >= 15 is 0 Å². The van der Waals surface area contributed by atoms with E-state index in [0.717, 1.165) is 19.4 Å². The number of ether oxygens (including phenoxy) is 2. The van der Waals surface area contributed by atoms with Crippen LogP contribution in [0.2, 0.25) is 0 Å². The molecule has 59 valence electrons. The Bertz CT molecular complexity index is 104. The highest BCUT2D eigenvalue weighted by Crippen LogP contribution is 2.29. The molecule has 1 heterocycles. The molecule has 0 aliphatic carbocycles. The standard InChI is InChI=1S/C8H15O2/c1-4-8(2,9-3)7-5-6-10-7/h7H,1,4-6H2,2-3H3. The smallest absolute Gasteiger partial charge is 0.0912 e. The second-order valence-electron chi connectivity index (χ2n) is 2.91. The molecule has 0 bridgehead atoms. The zero-order chi connectivity index (χ0) is 7.61. The van der Waals surface area contributed by atoms with E-state index in [9.17, 15) is 0 Å². The summed E-state index contributed by atoms with van der Waals surface area (Å²) >= 11 is 0. The summed E-state index contributed by atoms with van der Waals surface area (Å²) in [5.41, 5.74) is -0.155. The van der Waals surface area contributed by atoms with Crippen LogP contribution in [0.5, 0.6) is 0 Å². The van der Waals surface area contributed by atoms with Crippen LogP contribution in [0.4, 0.5) is 0 Å². The van der Waals surface area contributed by atoms with Crippen molar-refractivity contribution in [3.05, 3.63) is 6.92 Å². The zero-order valence-electron chi connectivity index (χ0n) is 6.72. The maximum absolute atomic E-state index is 5.31. The topological polar surface area (TPSA) is 18.5 Å². The largest absolute Gasteiger partial charge is 0.376 e. The molecular weight excluding hydrogens is 128 g/mol. The Morgan fingerprint density at radius 2 is 2.40 bits per heavy atom. The third kappa shape index (κ3) is 1.18. The minimum atomic E-state index is -0.155. The average molecular weight is 143 g/mol. The number of methoxy groups -OCH3 is 1. The maximum atomic E-state index is 5.31. The molecule has 1 rings (SSSR count). The van der Waals surface area contributed by atoms with Crippen LogP contribution in [0.1, 0.15) is 19.8 Å². The molecule has 0 saturated carbocycles. The Kier molecular flexibility index (Phi) is 2.32. The fraction of sp³-hybridized carbons (Fsp3) is 0.875. The van der Waals surface area contributed by atoms with Gasteiger partial charge in [-0.05, 0) is 19.8 Å². The molecule has 1 aliphatic rings. The van der Waals surface area contributed by atoms with Gasteiger partial charge in [-0.3, -0.25) is 0 Å². The molecule has 10 heavy (non-hydrogen) atoms. The van der Waals surface area contributed by atoms with E-state index in [4.69, 9.17) is 9.47 Å². The van der Waals surface area contributed by atoms with Gasteiger partial charge in [0.15, 0.2) is 0 Å². The van der Waals surface area contributed by atoms with Gasteiger partial charge in [0.25, 0.3) is 0 Å². The first-order valence-electron chi connectivity index (χ1n) is 3.69. The van der Waals surface area contributed by atoms with Gasteiger partial charge in [-0.25, -0.2) is 0 Å². The Labute approximate surface area is 62.5 Å². The third-order valence-corrected chi connectivity index (χ3v) is 2.34. The molecule has 0 spiro atoms. The summed E-state index contributed by atoms with van der Waals surface area (Å²) in [6.45, 7) is 6.75. The van der Waals surface area contributed by atoms with Crippen molar-refractivity contribution in [1.82, 2.24) is 0 Å². The van der Waals surface area contributed by atoms with Crippen molar-refractivity contribution in [2.45, 2.75) is 31.5 Å². The van der Waals surface area contributed by atoms with Crippen molar-refractivity contribution in [1.29, 1.82) is 0 Å². The highest BCUT2D eigenvalue weighted by atomic mass is 16.6. The number of hydrogen-bond donors (Lipinski definition) is 0. The number of rotatable bonds is 3. The van der Waals surface area contributed by atoms with Crippen LogP contribution < -0.4 is 0 Å². The molecule has 1 fully saturated rings. The van der Waals surface area contributed by atoms with E-state index in [1.54, 1.807) is 7.11 Å². The summed E-state index contributed by atoms with van der Waals surface area (Å²) in [5.74, 6) is 0. The summed E-state index contributed by atoms with van der Waals surface area (Å²) in [4.78, 5) is 0. The van der Waals surface area contributed by atoms with E-state index in [0.29, 0.717) is 0 Å². The van der Waals surface area contributed by atoms with Gasteiger partial charge in [0.05, 0.1) is 11.7 Å². The van der Waals surface area contributed by atoms with Gasteiger partial charge in [-0.1, -0.05) is 6.92 Å². The zero-order valence-corrected chi connectivity index (χ0v) is 6.72. The lowest BCUT2D eigenvalue weighted by molar-refractivity contribution is -0.176. The van der Waals surface area contributed by atoms with Crippen LogP contribution in [0.25, 0.3) is 0 Å². The van der Waals surface area contributed by atoms with Crippen LogP contribution in [0.3, 0.4) is 0 Å². The van der Waals surface area contributed by atoms with Crippen molar-refractivity contribution in [2.24, 2.45) is 0 Å². The fourth-order valence-corrected chi connectivity index (χ4v) is 1.11. The van der Waals surface area contributed by atoms with E-state index in [1.807, 2.05) is 6.92 Å². The second-order valence-corrected chi connectivity index (χ2v) is 2.91. The molecule has 2 heteroatoms. The van der Waals surface area contributed by atoms with Gasteiger partial charge < -0.3 is 9.47 Å². The second kappa shape index (κ2) is 2.89. The fourth-order valence-electron chi connectivity index (χ4n) is 1.11. The summed E-state index contributed by atoms with van der Waals surface area (Å²) in [6.07, 6.45) is 2.16. The minimum Gasteiger partial charge on any atom is -0.376 e. The molecule has 2 atom stereocenters. The van der Waals surface area contributed by atoms with E-state index in [1.165, 1.54) is 0 Å². The highest BCUT2D eigenvalue weighted by molar-refractivity contribution is 4.89. The summed E-state index contributed by atoms with van der Waals surface area (Å²) < 4.78 is 10.6. The Morgan fingerprint density at radius 3 is 2.50 bits per heavy atom. The molecule has 0 amide bonds. The van der Waals surface area contributed by atoms with Crippen LogP contribution in [0.15, 0.2) is 0 Å². The normalized spacial score (nSPS) is 30.9. The van der Waals surface area contributed by atoms with Crippen LogP contribution >= 0.6 is 0 Å². The van der Waals surface area contributed by atoms with Gasteiger partial charge in [0.1, 0.15) is 0 Å². The Balaban J connectivity index is 2.44. The van der Waals surface area contributed by atoms with Gasteiger partial charge >= 0.3 is 0 Å². The van der Waals surface area contributed by atoms with Crippen molar-refractivity contribution < 1.29 is 9.47 Å². The first-order valence-corrected chi connectivity index (χ1v) is 3.69. The van der Waals surface area contributed by atoms with Crippen molar-refractivity contribution >= 4 is 0 Å². The first-order chi connectivity index (χ1) is 4.73. The average Bonchev–Trinajstić information content (AvgIpc) is 1.84. The van der Waals surface area contributed by atoms with Gasteiger partial charge in [-0.15, -0.1) is 0 Å². The molecule has 1 aliphatic heterocycles. The quantitative estimate of drug-likeness (QED) is 0.594. The summed E-state index contributed by atoms with van der Waals surface area (Å²) in [7, 11) is 1.72. The molecule has 1 saturated heterocycles. The minimum absolute atomic E-state index is 0.155. The lowest BCUT2D eigenvalue weighted by atomic mass is 9.91. The van der Waals surface area contributed by atoms with Crippen LogP contribution in [-0.4, -0.2) is 25.4 Å². The predicted octanol–water partition coefficient (Wildman–Crippen LogP) is 1.40. The Hall–Kier alpha value is -0.0800. The lowest BCUT2D eigenvalue weighted by Gasteiger charge is -2.40. The van der Waals surface area contributed by atoms with Gasteiger partial charge in [0.2, 0.25) is 0 Å². The van der Waals surface area contributed by atoms with Crippen molar-refractivity contribution in [3.63, 3.8) is 0 Å². The lowest BCUT2D eigenvalue weighted by Crippen LogP contribution is -2.48. The van der Waals surface area contributed by atoms with Crippen LogP contribution in [-0.2, 0) is 9.47 Å². The van der Waals surface area contributed by atoms with Crippen molar-refractivity contribution in [3.8, 4) is 0 Å². The molecule has 2 unspecified atom stereocenters. The summed E-state index contributed by atoms with van der Waals surface area (Å²) in [5, 5.41) is 0. The van der Waals surface area contributed by atoms with Crippen LogP contribution in [0, 0.1) is 6.92 Å². The van der Waals surface area contributed by atoms with Gasteiger partial charge in [0, 0.05) is 13.7 Å². The molecule has 2 nitrogen and oxygen atoms in total.